The van der Waals surface area contributed by atoms with Gasteiger partial charge >= 0.3 is 0 Å². The van der Waals surface area contributed by atoms with Gasteiger partial charge in [0.1, 0.15) is 12.0 Å². The van der Waals surface area contributed by atoms with E-state index < -0.39 is 17.9 Å². The van der Waals surface area contributed by atoms with Crippen molar-refractivity contribution in [2.24, 2.45) is 0 Å². The highest BCUT2D eigenvalue weighted by Crippen LogP contribution is 2.26. The summed E-state index contributed by atoms with van der Waals surface area (Å²) in [4.78, 5) is 13.4. The minimum atomic E-state index is -0.995. The SMILES string of the molecule is Cc1ccc(F)c(C(=O)N2CC[C@@H](F)C2)c1Br. The fraction of sp³-hybridized carbons (Fsp3) is 0.417. The number of amides is 1. The van der Waals surface area contributed by atoms with E-state index in [4.69, 9.17) is 0 Å². The molecule has 5 heteroatoms. The molecule has 1 aliphatic rings. The van der Waals surface area contributed by atoms with Crippen LogP contribution in [0.2, 0.25) is 0 Å². The lowest BCUT2D eigenvalue weighted by Gasteiger charge is -2.17. The molecule has 0 spiro atoms. The molecule has 17 heavy (non-hydrogen) atoms. The Morgan fingerprint density at radius 1 is 1.53 bits per heavy atom. The molecule has 1 amide bonds. The van der Waals surface area contributed by atoms with Crippen LogP contribution in [0.15, 0.2) is 16.6 Å². The highest BCUT2D eigenvalue weighted by atomic mass is 79.9. The predicted molar refractivity (Wildman–Crippen MR) is 64.3 cm³/mol. The molecule has 1 aromatic rings. The Morgan fingerprint density at radius 3 is 2.82 bits per heavy atom. The maximum atomic E-state index is 13.7. The van der Waals surface area contributed by atoms with Crippen molar-refractivity contribution in [2.45, 2.75) is 19.5 Å². The Bertz CT molecular complexity index is 464. The van der Waals surface area contributed by atoms with E-state index in [0.717, 1.165) is 5.56 Å². The van der Waals surface area contributed by atoms with Crippen molar-refractivity contribution in [3.05, 3.63) is 33.5 Å². The van der Waals surface area contributed by atoms with Crippen LogP contribution < -0.4 is 0 Å². The first-order valence-electron chi connectivity index (χ1n) is 5.38. The van der Waals surface area contributed by atoms with Gasteiger partial charge in [0.05, 0.1) is 12.1 Å². The summed E-state index contributed by atoms with van der Waals surface area (Å²) in [6.07, 6.45) is -0.665. The van der Waals surface area contributed by atoms with E-state index >= 15 is 0 Å². The van der Waals surface area contributed by atoms with Crippen LogP contribution in [0.1, 0.15) is 22.3 Å². The van der Waals surface area contributed by atoms with Gasteiger partial charge in [-0.05, 0) is 40.9 Å². The molecule has 2 rings (SSSR count). The molecule has 1 aromatic carbocycles. The van der Waals surface area contributed by atoms with Gasteiger partial charge in [-0.25, -0.2) is 8.78 Å². The zero-order chi connectivity index (χ0) is 12.6. The van der Waals surface area contributed by atoms with Crippen LogP contribution in [0, 0.1) is 12.7 Å². The number of hydrogen-bond donors (Lipinski definition) is 0. The first-order chi connectivity index (χ1) is 8.00. The lowest BCUT2D eigenvalue weighted by Crippen LogP contribution is -2.30. The fourth-order valence-corrected chi connectivity index (χ4v) is 2.40. The van der Waals surface area contributed by atoms with Crippen molar-refractivity contribution in [1.29, 1.82) is 0 Å². The van der Waals surface area contributed by atoms with E-state index in [0.29, 0.717) is 17.4 Å². The van der Waals surface area contributed by atoms with Crippen LogP contribution in [0.5, 0.6) is 0 Å². The quantitative estimate of drug-likeness (QED) is 0.781. The topological polar surface area (TPSA) is 20.3 Å². The number of likely N-dealkylation sites (tertiary alicyclic amines) is 1. The Morgan fingerprint density at radius 2 is 2.24 bits per heavy atom. The van der Waals surface area contributed by atoms with Gasteiger partial charge in [0.25, 0.3) is 5.91 Å². The van der Waals surface area contributed by atoms with Crippen LogP contribution >= 0.6 is 15.9 Å². The summed E-state index contributed by atoms with van der Waals surface area (Å²) in [6.45, 7) is 2.18. The molecule has 92 valence electrons. The summed E-state index contributed by atoms with van der Waals surface area (Å²) in [5.74, 6) is -1.02. The van der Waals surface area contributed by atoms with E-state index in [1.807, 2.05) is 0 Å². The highest BCUT2D eigenvalue weighted by molar-refractivity contribution is 9.10. The number of rotatable bonds is 1. The number of aryl methyl sites for hydroxylation is 1. The zero-order valence-electron chi connectivity index (χ0n) is 9.34. The van der Waals surface area contributed by atoms with Crippen molar-refractivity contribution >= 4 is 21.8 Å². The number of carbonyl (C=O) groups is 1. The molecule has 1 heterocycles. The van der Waals surface area contributed by atoms with Gasteiger partial charge in [0.2, 0.25) is 0 Å². The number of hydrogen-bond acceptors (Lipinski definition) is 1. The van der Waals surface area contributed by atoms with Crippen LogP contribution in [0.4, 0.5) is 8.78 Å². The molecule has 1 fully saturated rings. The molecule has 0 unspecified atom stereocenters. The number of alkyl halides is 1. The fourth-order valence-electron chi connectivity index (χ4n) is 1.91. The van der Waals surface area contributed by atoms with Gasteiger partial charge in [-0.15, -0.1) is 0 Å². The van der Waals surface area contributed by atoms with E-state index in [9.17, 15) is 13.6 Å². The van der Waals surface area contributed by atoms with Gasteiger partial charge in [-0.1, -0.05) is 6.07 Å². The normalized spacial score (nSPS) is 19.8. The molecule has 0 N–H and O–H groups in total. The molecule has 1 atom stereocenters. The average molecular weight is 304 g/mol. The Labute approximate surface area is 107 Å². The molecule has 0 aromatic heterocycles. The van der Waals surface area contributed by atoms with E-state index in [1.165, 1.54) is 11.0 Å². The van der Waals surface area contributed by atoms with E-state index in [-0.39, 0.29) is 12.1 Å². The molecule has 2 nitrogen and oxygen atoms in total. The molecule has 0 saturated carbocycles. The van der Waals surface area contributed by atoms with Gasteiger partial charge in [-0.3, -0.25) is 4.79 Å². The third-order valence-corrected chi connectivity index (χ3v) is 3.94. The van der Waals surface area contributed by atoms with Crippen LogP contribution in [0.25, 0.3) is 0 Å². The van der Waals surface area contributed by atoms with E-state index in [1.54, 1.807) is 13.0 Å². The second kappa shape index (κ2) is 4.72. The molecular formula is C12H12BrF2NO. The van der Waals surface area contributed by atoms with Gasteiger partial charge in [0.15, 0.2) is 0 Å². The molecule has 0 aliphatic carbocycles. The summed E-state index contributed by atoms with van der Waals surface area (Å²) in [7, 11) is 0. The Hall–Kier alpha value is -0.970. The largest absolute Gasteiger partial charge is 0.335 e. The number of halogens is 3. The van der Waals surface area contributed by atoms with Crippen molar-refractivity contribution in [1.82, 2.24) is 4.90 Å². The van der Waals surface area contributed by atoms with Gasteiger partial charge in [-0.2, -0.15) is 0 Å². The smallest absolute Gasteiger partial charge is 0.258 e. The Balaban J connectivity index is 2.34. The minimum Gasteiger partial charge on any atom is -0.335 e. The lowest BCUT2D eigenvalue weighted by atomic mass is 10.1. The summed E-state index contributed by atoms with van der Waals surface area (Å²) >= 11 is 3.21. The van der Waals surface area contributed by atoms with Crippen molar-refractivity contribution in [2.75, 3.05) is 13.1 Å². The van der Waals surface area contributed by atoms with E-state index in [2.05, 4.69) is 15.9 Å². The summed E-state index contributed by atoms with van der Waals surface area (Å²) < 4.78 is 27.1. The first-order valence-corrected chi connectivity index (χ1v) is 6.18. The second-order valence-electron chi connectivity index (χ2n) is 4.19. The third kappa shape index (κ3) is 2.34. The van der Waals surface area contributed by atoms with Crippen LogP contribution in [-0.4, -0.2) is 30.1 Å². The maximum absolute atomic E-state index is 13.7. The zero-order valence-corrected chi connectivity index (χ0v) is 10.9. The summed E-state index contributed by atoms with van der Waals surface area (Å²) in [5.41, 5.74) is 0.782. The van der Waals surface area contributed by atoms with Gasteiger partial charge < -0.3 is 4.90 Å². The average Bonchev–Trinajstić information content (AvgIpc) is 2.71. The summed E-state index contributed by atoms with van der Waals surface area (Å²) in [6, 6.07) is 2.86. The number of carbonyl (C=O) groups excluding carboxylic acids is 1. The minimum absolute atomic E-state index is 0.000833. The Kier molecular flexibility index (Phi) is 3.47. The van der Waals surface area contributed by atoms with Crippen molar-refractivity contribution in [3.8, 4) is 0 Å². The van der Waals surface area contributed by atoms with Crippen molar-refractivity contribution in [3.63, 3.8) is 0 Å². The number of nitrogens with zero attached hydrogens (tertiary/aromatic N) is 1. The molecule has 0 bridgehead atoms. The summed E-state index contributed by atoms with van der Waals surface area (Å²) in [5, 5.41) is 0. The van der Waals surface area contributed by atoms with Crippen molar-refractivity contribution < 1.29 is 13.6 Å². The maximum Gasteiger partial charge on any atom is 0.258 e. The lowest BCUT2D eigenvalue weighted by molar-refractivity contribution is 0.0777. The molecule has 0 radical (unpaired) electrons. The van der Waals surface area contributed by atoms with Crippen LogP contribution in [-0.2, 0) is 0 Å². The standard InChI is InChI=1S/C12H12BrF2NO/c1-7-2-3-9(15)10(11(7)13)12(17)16-5-4-8(14)6-16/h2-3,8H,4-6H2,1H3/t8-/m1/s1. The molecule has 1 saturated heterocycles. The molecule has 1 aliphatic heterocycles. The highest BCUT2D eigenvalue weighted by Gasteiger charge is 2.29. The van der Waals surface area contributed by atoms with Gasteiger partial charge in [0, 0.05) is 11.0 Å². The second-order valence-corrected chi connectivity index (χ2v) is 4.98. The first kappa shape index (κ1) is 12.5. The van der Waals surface area contributed by atoms with Crippen LogP contribution in [0.3, 0.4) is 0 Å². The molecular weight excluding hydrogens is 292 g/mol. The third-order valence-electron chi connectivity index (χ3n) is 2.92. The number of benzene rings is 1. The monoisotopic (exact) mass is 303 g/mol. The predicted octanol–water partition coefficient (Wildman–Crippen LogP) is 3.08.